The van der Waals surface area contributed by atoms with Crippen LogP contribution in [0.15, 0.2) is 22.7 Å². The molecule has 0 radical (unpaired) electrons. The van der Waals surface area contributed by atoms with Gasteiger partial charge in [0.15, 0.2) is 0 Å². The topological polar surface area (TPSA) is 24.5 Å². The van der Waals surface area contributed by atoms with Gasteiger partial charge in [-0.25, -0.2) is 0 Å². The molecule has 1 N–H and O–H groups in total. The molecule has 3 nitrogen and oxygen atoms in total. The maximum atomic E-state index is 5.38. The van der Waals surface area contributed by atoms with E-state index in [4.69, 9.17) is 4.74 Å². The third-order valence-corrected chi connectivity index (χ3v) is 4.85. The lowest BCUT2D eigenvalue weighted by molar-refractivity contribution is 0.270. The predicted octanol–water partition coefficient (Wildman–Crippen LogP) is 3.45. The van der Waals surface area contributed by atoms with E-state index >= 15 is 0 Å². The summed E-state index contributed by atoms with van der Waals surface area (Å²) in [5.41, 5.74) is 1.34. The quantitative estimate of drug-likeness (QED) is 0.802. The van der Waals surface area contributed by atoms with Crippen molar-refractivity contribution in [2.75, 3.05) is 33.8 Å². The number of halogens is 1. The van der Waals surface area contributed by atoms with E-state index in [-0.39, 0.29) is 0 Å². The van der Waals surface area contributed by atoms with Crippen molar-refractivity contribution in [1.82, 2.24) is 10.2 Å². The summed E-state index contributed by atoms with van der Waals surface area (Å²) in [6, 6.07) is 6.73. The van der Waals surface area contributed by atoms with E-state index in [1.165, 1.54) is 22.9 Å². The van der Waals surface area contributed by atoms with Crippen molar-refractivity contribution >= 4 is 15.9 Å². The lowest BCUT2D eigenvalue weighted by atomic mass is 9.93. The summed E-state index contributed by atoms with van der Waals surface area (Å²) < 4.78 is 6.56. The van der Waals surface area contributed by atoms with Gasteiger partial charge < -0.3 is 10.1 Å². The zero-order valence-electron chi connectivity index (χ0n) is 12.7. The number of methoxy groups -OCH3 is 1. The van der Waals surface area contributed by atoms with Gasteiger partial charge in [0.2, 0.25) is 0 Å². The number of likely N-dealkylation sites (tertiary alicyclic amines) is 1. The predicted molar refractivity (Wildman–Crippen MR) is 87.3 cm³/mol. The molecule has 0 aromatic heterocycles. The van der Waals surface area contributed by atoms with Crippen molar-refractivity contribution in [3.8, 4) is 5.75 Å². The molecular weight excluding hydrogens is 316 g/mol. The zero-order valence-corrected chi connectivity index (χ0v) is 14.2. The van der Waals surface area contributed by atoms with Gasteiger partial charge in [0.25, 0.3) is 0 Å². The molecule has 1 aromatic rings. The zero-order chi connectivity index (χ0) is 14.5. The van der Waals surface area contributed by atoms with Gasteiger partial charge in [-0.15, -0.1) is 0 Å². The molecule has 0 saturated carbocycles. The highest BCUT2D eigenvalue weighted by Gasteiger charge is 2.33. The number of nitrogens with one attached hydrogen (secondary N) is 1. The van der Waals surface area contributed by atoms with Crippen molar-refractivity contribution in [1.29, 1.82) is 0 Å². The number of hydrogen-bond acceptors (Lipinski definition) is 3. The number of ether oxygens (including phenoxy) is 1. The highest BCUT2D eigenvalue weighted by Crippen LogP contribution is 2.40. The molecule has 1 fully saturated rings. The Kier molecular flexibility index (Phi) is 5.87. The fourth-order valence-corrected chi connectivity index (χ4v) is 3.55. The highest BCUT2D eigenvalue weighted by atomic mass is 79.9. The molecule has 0 aliphatic carbocycles. The minimum atomic E-state index is 0.462. The van der Waals surface area contributed by atoms with Crippen LogP contribution in [0.5, 0.6) is 5.75 Å². The maximum absolute atomic E-state index is 5.38. The first-order valence-electron chi connectivity index (χ1n) is 7.41. The van der Waals surface area contributed by atoms with E-state index in [1.54, 1.807) is 7.11 Å². The molecule has 0 spiro atoms. The summed E-state index contributed by atoms with van der Waals surface area (Å²) >= 11 is 3.70. The summed E-state index contributed by atoms with van der Waals surface area (Å²) in [5, 5.41) is 3.57. The van der Waals surface area contributed by atoms with E-state index in [0.29, 0.717) is 12.0 Å². The molecular formula is C16H25BrN2O. The third-order valence-electron chi connectivity index (χ3n) is 4.13. The Hall–Kier alpha value is -0.580. The summed E-state index contributed by atoms with van der Waals surface area (Å²) in [4.78, 5) is 2.46. The molecule has 2 unspecified atom stereocenters. The lowest BCUT2D eigenvalue weighted by Crippen LogP contribution is -2.29. The van der Waals surface area contributed by atoms with Crippen LogP contribution in [0.1, 0.15) is 31.4 Å². The Morgan fingerprint density at radius 1 is 1.45 bits per heavy atom. The van der Waals surface area contributed by atoms with Crippen molar-refractivity contribution in [2.24, 2.45) is 5.92 Å². The SMILES string of the molecule is CCCNCC1CCN(C)C1c1cc(OC)ccc1Br. The van der Waals surface area contributed by atoms with Crippen LogP contribution in [-0.2, 0) is 0 Å². The van der Waals surface area contributed by atoms with Crippen LogP contribution in [0, 0.1) is 5.92 Å². The normalized spacial score (nSPS) is 23.2. The van der Waals surface area contributed by atoms with E-state index < -0.39 is 0 Å². The first-order valence-corrected chi connectivity index (χ1v) is 8.21. The largest absolute Gasteiger partial charge is 0.497 e. The van der Waals surface area contributed by atoms with Crippen LogP contribution >= 0.6 is 15.9 Å². The van der Waals surface area contributed by atoms with Crippen LogP contribution in [0.2, 0.25) is 0 Å². The Balaban J connectivity index is 2.18. The number of nitrogens with zero attached hydrogens (tertiary/aromatic N) is 1. The van der Waals surface area contributed by atoms with Crippen LogP contribution in [0.4, 0.5) is 0 Å². The van der Waals surface area contributed by atoms with Crippen LogP contribution < -0.4 is 10.1 Å². The molecule has 1 saturated heterocycles. The third kappa shape index (κ3) is 3.54. The smallest absolute Gasteiger partial charge is 0.119 e. The second-order valence-corrected chi connectivity index (χ2v) is 6.42. The second kappa shape index (κ2) is 7.43. The average Bonchev–Trinajstić information content (AvgIpc) is 2.81. The van der Waals surface area contributed by atoms with Crippen molar-refractivity contribution in [3.63, 3.8) is 0 Å². The Labute approximate surface area is 130 Å². The fourth-order valence-electron chi connectivity index (χ4n) is 3.07. The first kappa shape index (κ1) is 15.8. The van der Waals surface area contributed by atoms with Gasteiger partial charge in [-0.05, 0) is 69.2 Å². The fraction of sp³-hybridized carbons (Fsp3) is 0.625. The molecule has 4 heteroatoms. The summed E-state index contributed by atoms with van der Waals surface area (Å²) in [7, 11) is 3.95. The van der Waals surface area contributed by atoms with Crippen LogP contribution in [-0.4, -0.2) is 38.7 Å². The molecule has 1 aliphatic heterocycles. The van der Waals surface area contributed by atoms with Gasteiger partial charge in [-0.1, -0.05) is 22.9 Å². The monoisotopic (exact) mass is 340 g/mol. The summed E-state index contributed by atoms with van der Waals surface area (Å²) in [6.07, 6.45) is 2.44. The van der Waals surface area contributed by atoms with Gasteiger partial charge in [0.1, 0.15) is 5.75 Å². The van der Waals surface area contributed by atoms with Gasteiger partial charge >= 0.3 is 0 Å². The van der Waals surface area contributed by atoms with Crippen molar-refractivity contribution in [2.45, 2.75) is 25.8 Å². The van der Waals surface area contributed by atoms with E-state index in [9.17, 15) is 0 Å². The maximum Gasteiger partial charge on any atom is 0.119 e. The number of rotatable bonds is 6. The first-order chi connectivity index (χ1) is 9.67. The molecule has 0 amide bonds. The van der Waals surface area contributed by atoms with Crippen LogP contribution in [0.25, 0.3) is 0 Å². The van der Waals surface area contributed by atoms with E-state index in [1.807, 2.05) is 6.07 Å². The van der Waals surface area contributed by atoms with E-state index in [2.05, 4.69) is 52.3 Å². The molecule has 20 heavy (non-hydrogen) atoms. The Bertz CT molecular complexity index is 438. The molecule has 2 atom stereocenters. The van der Waals surface area contributed by atoms with Gasteiger partial charge in [0.05, 0.1) is 7.11 Å². The van der Waals surface area contributed by atoms with Crippen LogP contribution in [0.3, 0.4) is 0 Å². The van der Waals surface area contributed by atoms with Gasteiger partial charge in [-0.2, -0.15) is 0 Å². The standard InChI is InChI=1S/C16H25BrN2O/c1-4-8-18-11-12-7-9-19(2)16(12)14-10-13(20-3)5-6-15(14)17/h5-6,10,12,16,18H,4,7-9,11H2,1-3H3. The minimum absolute atomic E-state index is 0.462. The molecule has 1 heterocycles. The van der Waals surface area contributed by atoms with Crippen molar-refractivity contribution in [3.05, 3.63) is 28.2 Å². The van der Waals surface area contributed by atoms with Crippen molar-refractivity contribution < 1.29 is 4.74 Å². The number of hydrogen-bond donors (Lipinski definition) is 1. The summed E-state index contributed by atoms with van der Waals surface area (Å²) in [5.74, 6) is 1.60. The Morgan fingerprint density at radius 2 is 2.25 bits per heavy atom. The molecule has 1 aliphatic rings. The average molecular weight is 341 g/mol. The van der Waals surface area contributed by atoms with E-state index in [0.717, 1.165) is 25.4 Å². The molecule has 112 valence electrons. The summed E-state index contributed by atoms with van der Waals surface area (Å²) in [6.45, 7) is 5.56. The molecule has 1 aromatic carbocycles. The minimum Gasteiger partial charge on any atom is -0.497 e. The number of benzene rings is 1. The van der Waals surface area contributed by atoms with Gasteiger partial charge in [0, 0.05) is 10.5 Å². The Morgan fingerprint density at radius 3 is 2.95 bits per heavy atom. The second-order valence-electron chi connectivity index (χ2n) is 5.57. The molecule has 2 rings (SSSR count). The van der Waals surface area contributed by atoms with Gasteiger partial charge in [-0.3, -0.25) is 4.90 Å². The molecule has 0 bridgehead atoms. The highest BCUT2D eigenvalue weighted by molar-refractivity contribution is 9.10. The lowest BCUT2D eigenvalue weighted by Gasteiger charge is -2.27.